The quantitative estimate of drug-likeness (QED) is 0.158. The molecule has 2 N–H and O–H groups in total. The van der Waals surface area contributed by atoms with Gasteiger partial charge in [-0.1, -0.05) is 83.5 Å². The number of amides is 2. The van der Waals surface area contributed by atoms with Crippen molar-refractivity contribution in [3.8, 4) is 16.9 Å². The highest BCUT2D eigenvalue weighted by Gasteiger charge is 2.24. The molecule has 0 fully saturated rings. The molecule has 0 bridgehead atoms. The number of benzene rings is 3. The van der Waals surface area contributed by atoms with Gasteiger partial charge in [0.05, 0.1) is 0 Å². The summed E-state index contributed by atoms with van der Waals surface area (Å²) in [4.78, 5) is 35.9. The molecule has 2 amide bonds. The van der Waals surface area contributed by atoms with Gasteiger partial charge < -0.3 is 15.0 Å². The number of carbonyl (C=O) groups is 1. The number of hydrogen-bond donors (Lipinski definition) is 2. The van der Waals surface area contributed by atoms with Crippen LogP contribution in [-0.4, -0.2) is 22.5 Å². The molecule has 0 aliphatic carbocycles. The third-order valence-electron chi connectivity index (χ3n) is 7.96. The maximum Gasteiger partial charge on any atom is 0.326 e. The van der Waals surface area contributed by atoms with E-state index in [2.05, 4.69) is 86.3 Å². The summed E-state index contributed by atoms with van der Waals surface area (Å²) in [5.74, 6) is 1.07. The van der Waals surface area contributed by atoms with Crippen LogP contribution in [0.2, 0.25) is 0 Å². The fourth-order valence-corrected chi connectivity index (χ4v) is 5.46. The zero-order valence-corrected chi connectivity index (χ0v) is 26.8. The molecule has 3 aromatic carbocycles. The monoisotopic (exact) mass is 602 g/mol. The summed E-state index contributed by atoms with van der Waals surface area (Å²) < 4.78 is 6.13. The molecule has 0 radical (unpaired) electrons. The van der Waals surface area contributed by atoms with Gasteiger partial charge in [-0.2, -0.15) is 0 Å². The predicted molar refractivity (Wildman–Crippen MR) is 184 cm³/mol. The Balaban J connectivity index is 1.50. The Labute approximate surface area is 265 Å². The summed E-state index contributed by atoms with van der Waals surface area (Å²) in [5.41, 5.74) is 6.55. The summed E-state index contributed by atoms with van der Waals surface area (Å²) in [7, 11) is 0. The van der Waals surface area contributed by atoms with Crippen molar-refractivity contribution in [1.29, 1.82) is 0 Å². The minimum absolute atomic E-state index is 0.134. The summed E-state index contributed by atoms with van der Waals surface area (Å²) >= 11 is 0. The molecular formula is C38H42N4O3. The van der Waals surface area contributed by atoms with Crippen LogP contribution in [0.5, 0.6) is 5.75 Å². The largest absolute Gasteiger partial charge is 0.489 e. The average Bonchev–Trinajstić information content (AvgIpc) is 3.04. The zero-order valence-electron chi connectivity index (χ0n) is 26.8. The van der Waals surface area contributed by atoms with E-state index in [1.165, 1.54) is 0 Å². The van der Waals surface area contributed by atoms with Crippen LogP contribution < -0.4 is 20.5 Å². The van der Waals surface area contributed by atoms with E-state index in [1.807, 2.05) is 42.5 Å². The molecular weight excluding hydrogens is 560 g/mol. The Morgan fingerprint density at radius 2 is 1.62 bits per heavy atom. The van der Waals surface area contributed by atoms with Gasteiger partial charge in [0.1, 0.15) is 23.7 Å². The standard InChI is InChI=1S/C38H42N4O3/c1-6-7-19-42(34-23-29-16-12-18-39-36(29)41-37(34)43)38(44)40-35-32(25(2)3)21-30(22-33(35)26(4)5)28-15-11-17-31(20-28)45-24-27-13-9-8-10-14-27/h8-18,20-23,25-26H,6-7,19,24H2,1-5H3,(H,40,44)(H,39,41,43). The number of H-pyrrole nitrogens is 1. The SMILES string of the molecule is CCCCN(C(=O)Nc1c(C(C)C)cc(-c2cccc(OCc3ccccc3)c2)cc1C(C)C)c1cc2cccnc2[nH]c1=O. The number of carbonyl (C=O) groups excluding carboxylic acids is 1. The first-order valence-corrected chi connectivity index (χ1v) is 15.8. The molecule has 0 aliphatic rings. The molecule has 5 aromatic rings. The Morgan fingerprint density at radius 1 is 0.889 bits per heavy atom. The zero-order chi connectivity index (χ0) is 31.9. The number of anilines is 2. The van der Waals surface area contributed by atoms with Crippen LogP contribution in [-0.2, 0) is 6.61 Å². The lowest BCUT2D eigenvalue weighted by Crippen LogP contribution is -2.39. The number of aromatic nitrogens is 2. The van der Waals surface area contributed by atoms with E-state index in [-0.39, 0.29) is 23.4 Å². The molecule has 45 heavy (non-hydrogen) atoms. The number of pyridine rings is 2. The number of unbranched alkanes of at least 4 members (excludes halogenated alkanes) is 1. The second-order valence-electron chi connectivity index (χ2n) is 12.0. The molecule has 7 heteroatoms. The maximum absolute atomic E-state index is 14.1. The van der Waals surface area contributed by atoms with E-state index in [0.29, 0.717) is 24.5 Å². The Hall–Kier alpha value is -4.91. The minimum atomic E-state index is -0.342. The van der Waals surface area contributed by atoms with Crippen molar-refractivity contribution in [3.63, 3.8) is 0 Å². The molecule has 0 spiro atoms. The van der Waals surface area contributed by atoms with Crippen LogP contribution in [0.1, 0.15) is 76.0 Å². The highest BCUT2D eigenvalue weighted by molar-refractivity contribution is 6.03. The number of ether oxygens (including phenoxy) is 1. The maximum atomic E-state index is 14.1. The minimum Gasteiger partial charge on any atom is -0.489 e. The first-order valence-electron chi connectivity index (χ1n) is 15.8. The molecule has 5 rings (SSSR count). The molecule has 0 saturated heterocycles. The Bertz CT molecular complexity index is 1800. The first-order chi connectivity index (χ1) is 21.7. The molecule has 2 heterocycles. The normalized spacial score (nSPS) is 11.3. The summed E-state index contributed by atoms with van der Waals surface area (Å²) in [6.07, 6.45) is 3.28. The molecule has 2 aromatic heterocycles. The van der Waals surface area contributed by atoms with Gasteiger partial charge in [0.15, 0.2) is 0 Å². The first kappa shape index (κ1) is 31.5. The number of fused-ring (bicyclic) bond motifs is 1. The number of nitrogens with zero attached hydrogens (tertiary/aromatic N) is 2. The average molecular weight is 603 g/mol. The fourth-order valence-electron chi connectivity index (χ4n) is 5.46. The van der Waals surface area contributed by atoms with Gasteiger partial charge in [0.2, 0.25) is 0 Å². The summed E-state index contributed by atoms with van der Waals surface area (Å²) in [6.45, 7) is 11.5. The van der Waals surface area contributed by atoms with Crippen LogP contribution >= 0.6 is 0 Å². The van der Waals surface area contributed by atoms with Gasteiger partial charge in [0.25, 0.3) is 5.56 Å². The van der Waals surface area contributed by atoms with Gasteiger partial charge in [0, 0.05) is 23.8 Å². The number of nitrogens with one attached hydrogen (secondary N) is 2. The van der Waals surface area contributed by atoms with Crippen LogP contribution in [0, 0.1) is 0 Å². The van der Waals surface area contributed by atoms with Crippen molar-refractivity contribution in [2.75, 3.05) is 16.8 Å². The van der Waals surface area contributed by atoms with Gasteiger partial charge >= 0.3 is 6.03 Å². The Kier molecular flexibility index (Phi) is 9.98. The lowest BCUT2D eigenvalue weighted by molar-refractivity contribution is 0.256. The molecule has 7 nitrogen and oxygen atoms in total. The second kappa shape index (κ2) is 14.2. The van der Waals surface area contributed by atoms with Gasteiger partial charge in [-0.15, -0.1) is 0 Å². The number of hydrogen-bond acceptors (Lipinski definition) is 4. The Morgan fingerprint density at radius 3 is 2.31 bits per heavy atom. The van der Waals surface area contributed by atoms with Gasteiger partial charge in [-0.3, -0.25) is 9.69 Å². The summed E-state index contributed by atoms with van der Waals surface area (Å²) in [6, 6.07) is 27.7. The van der Waals surface area contributed by atoms with Crippen molar-refractivity contribution in [3.05, 3.63) is 118 Å². The third kappa shape index (κ3) is 7.43. The van der Waals surface area contributed by atoms with Crippen LogP contribution in [0.3, 0.4) is 0 Å². The van der Waals surface area contributed by atoms with E-state index in [4.69, 9.17) is 4.74 Å². The highest BCUT2D eigenvalue weighted by Crippen LogP contribution is 2.38. The molecule has 0 aliphatic heterocycles. The second-order valence-corrected chi connectivity index (χ2v) is 12.0. The van der Waals surface area contributed by atoms with Gasteiger partial charge in [-0.05, 0) is 88.5 Å². The van der Waals surface area contributed by atoms with Crippen molar-refractivity contribution < 1.29 is 9.53 Å². The highest BCUT2D eigenvalue weighted by atomic mass is 16.5. The number of urea groups is 1. The van der Waals surface area contributed by atoms with Crippen LogP contribution in [0.15, 0.2) is 95.9 Å². The molecule has 232 valence electrons. The topological polar surface area (TPSA) is 87.3 Å². The van der Waals surface area contributed by atoms with E-state index in [9.17, 15) is 9.59 Å². The third-order valence-corrected chi connectivity index (χ3v) is 7.96. The molecule has 0 saturated carbocycles. The van der Waals surface area contributed by atoms with Gasteiger partial charge in [-0.25, -0.2) is 9.78 Å². The van der Waals surface area contributed by atoms with Crippen molar-refractivity contribution in [2.45, 2.75) is 65.9 Å². The van der Waals surface area contributed by atoms with E-state index >= 15 is 0 Å². The number of rotatable bonds is 11. The summed E-state index contributed by atoms with van der Waals surface area (Å²) in [5, 5.41) is 4.02. The number of aromatic amines is 1. The predicted octanol–water partition coefficient (Wildman–Crippen LogP) is 9.25. The molecule has 0 atom stereocenters. The fraction of sp³-hybridized carbons (Fsp3) is 0.289. The lowest BCUT2D eigenvalue weighted by Gasteiger charge is -2.27. The van der Waals surface area contributed by atoms with Crippen molar-refractivity contribution in [2.24, 2.45) is 0 Å². The molecule has 0 unspecified atom stereocenters. The lowest BCUT2D eigenvalue weighted by atomic mass is 9.88. The van der Waals surface area contributed by atoms with E-state index in [1.54, 1.807) is 17.2 Å². The smallest absolute Gasteiger partial charge is 0.326 e. The van der Waals surface area contributed by atoms with E-state index < -0.39 is 0 Å². The van der Waals surface area contributed by atoms with Crippen molar-refractivity contribution >= 4 is 28.4 Å². The van der Waals surface area contributed by atoms with E-state index in [0.717, 1.165) is 57.5 Å². The van der Waals surface area contributed by atoms with Crippen LogP contribution in [0.4, 0.5) is 16.2 Å². The van der Waals surface area contributed by atoms with Crippen molar-refractivity contribution in [1.82, 2.24) is 9.97 Å². The van der Waals surface area contributed by atoms with Crippen LogP contribution in [0.25, 0.3) is 22.2 Å².